The highest BCUT2D eigenvalue weighted by Crippen LogP contribution is 2.44. The molecule has 2 saturated heterocycles. The predicted octanol–water partition coefficient (Wildman–Crippen LogP) is 4.24. The minimum atomic E-state index is -0.394. The highest BCUT2D eigenvalue weighted by molar-refractivity contribution is 8.01. The summed E-state index contributed by atoms with van der Waals surface area (Å²) >= 11 is 1.55. The number of nitrogens with one attached hydrogen (secondary N) is 1. The van der Waals surface area contributed by atoms with Crippen LogP contribution in [0.3, 0.4) is 0 Å². The van der Waals surface area contributed by atoms with Crippen LogP contribution in [-0.4, -0.2) is 63.5 Å². The van der Waals surface area contributed by atoms with E-state index in [1.54, 1.807) is 17.8 Å². The Morgan fingerprint density at radius 2 is 1.77 bits per heavy atom. The Morgan fingerprint density at radius 1 is 1.06 bits per heavy atom. The third kappa shape index (κ3) is 4.80. The van der Waals surface area contributed by atoms with Gasteiger partial charge in [-0.15, -0.1) is 18.3 Å². The molecule has 5 rings (SSSR count). The molecule has 2 aromatic carbocycles. The van der Waals surface area contributed by atoms with Crippen LogP contribution >= 0.6 is 11.8 Å². The Morgan fingerprint density at radius 3 is 2.51 bits per heavy atom. The van der Waals surface area contributed by atoms with E-state index in [0.29, 0.717) is 26.2 Å². The Hall–Kier alpha value is -3.26. The summed E-state index contributed by atoms with van der Waals surface area (Å²) in [6.07, 6.45) is 3.41. The van der Waals surface area contributed by atoms with Crippen LogP contribution in [0, 0.1) is 0 Å². The third-order valence-corrected chi connectivity index (χ3v) is 8.51. The monoisotopic (exact) mass is 490 g/mol. The lowest BCUT2D eigenvalue weighted by molar-refractivity contribution is -0.136. The molecule has 3 aliphatic rings. The van der Waals surface area contributed by atoms with E-state index in [2.05, 4.69) is 11.9 Å². The summed E-state index contributed by atoms with van der Waals surface area (Å²) in [6, 6.07) is 17.8. The number of likely N-dealkylation sites (tertiary alicyclic amines) is 1. The van der Waals surface area contributed by atoms with Crippen LogP contribution in [-0.2, 0) is 16.1 Å². The molecule has 35 heavy (non-hydrogen) atoms. The number of rotatable bonds is 6. The second kappa shape index (κ2) is 10.2. The molecule has 0 spiro atoms. The molecule has 0 saturated carbocycles. The van der Waals surface area contributed by atoms with E-state index in [0.717, 1.165) is 29.7 Å². The molecule has 2 atom stereocenters. The molecular weight excluding hydrogens is 460 g/mol. The molecule has 0 radical (unpaired) electrons. The van der Waals surface area contributed by atoms with Gasteiger partial charge < -0.3 is 20.0 Å². The van der Waals surface area contributed by atoms with Gasteiger partial charge in [0.05, 0.1) is 5.25 Å². The first kappa shape index (κ1) is 23.5. The van der Waals surface area contributed by atoms with Gasteiger partial charge in [-0.1, -0.05) is 54.6 Å². The third-order valence-electron chi connectivity index (χ3n) is 7.02. The number of fused-ring (bicyclic) bond motifs is 1. The maximum absolute atomic E-state index is 13.1. The number of carbonyl (C=O) groups excluding carboxylic acids is 3. The number of benzene rings is 2. The summed E-state index contributed by atoms with van der Waals surface area (Å²) in [5, 5.41) is 2.48. The number of para-hydroxylation sites is 1. The average molecular weight is 491 g/mol. The van der Waals surface area contributed by atoms with Gasteiger partial charge in [-0.05, 0) is 30.0 Å². The van der Waals surface area contributed by atoms with Gasteiger partial charge in [0, 0.05) is 44.3 Å². The van der Waals surface area contributed by atoms with Crippen molar-refractivity contribution in [1.82, 2.24) is 14.7 Å². The molecule has 8 heteroatoms. The fourth-order valence-corrected chi connectivity index (χ4v) is 6.61. The van der Waals surface area contributed by atoms with Crippen LogP contribution in [0.5, 0.6) is 0 Å². The van der Waals surface area contributed by atoms with Crippen molar-refractivity contribution in [2.45, 2.75) is 42.5 Å². The van der Waals surface area contributed by atoms with E-state index in [9.17, 15) is 14.4 Å². The summed E-state index contributed by atoms with van der Waals surface area (Å²) in [6.45, 7) is 6.04. The van der Waals surface area contributed by atoms with E-state index >= 15 is 0 Å². The zero-order valence-electron chi connectivity index (χ0n) is 19.6. The Labute approximate surface area is 210 Å². The molecule has 4 amide bonds. The number of amides is 4. The molecule has 182 valence electrons. The van der Waals surface area contributed by atoms with Crippen LogP contribution in [0.25, 0.3) is 0 Å². The summed E-state index contributed by atoms with van der Waals surface area (Å²) in [5.74, 6) is 0.00523. The van der Waals surface area contributed by atoms with Crippen molar-refractivity contribution >= 4 is 35.3 Å². The fourth-order valence-electron chi connectivity index (χ4n) is 5.16. The molecule has 3 heterocycles. The van der Waals surface area contributed by atoms with Crippen LogP contribution in [0.15, 0.2) is 67.3 Å². The van der Waals surface area contributed by atoms with E-state index in [1.807, 2.05) is 69.3 Å². The Kier molecular flexibility index (Phi) is 6.81. The minimum Gasteiger partial charge on any atom is -0.342 e. The van der Waals surface area contributed by atoms with Gasteiger partial charge in [0.15, 0.2) is 0 Å². The van der Waals surface area contributed by atoms with Crippen molar-refractivity contribution in [2.24, 2.45) is 0 Å². The van der Waals surface area contributed by atoms with Gasteiger partial charge in [0.25, 0.3) is 0 Å². The normalized spacial score (nSPS) is 22.7. The molecule has 2 fully saturated rings. The van der Waals surface area contributed by atoms with Gasteiger partial charge in [-0.3, -0.25) is 9.59 Å². The quantitative estimate of drug-likeness (QED) is 0.615. The van der Waals surface area contributed by atoms with Crippen molar-refractivity contribution in [3.63, 3.8) is 0 Å². The van der Waals surface area contributed by atoms with E-state index in [1.165, 1.54) is 0 Å². The van der Waals surface area contributed by atoms with Gasteiger partial charge >= 0.3 is 6.03 Å². The second-order valence-corrected chi connectivity index (χ2v) is 10.5. The topological polar surface area (TPSA) is 73.0 Å². The van der Waals surface area contributed by atoms with Crippen LogP contribution < -0.4 is 5.32 Å². The van der Waals surface area contributed by atoms with E-state index in [4.69, 9.17) is 0 Å². The number of urea groups is 1. The highest BCUT2D eigenvalue weighted by Gasteiger charge is 2.42. The molecule has 1 N–H and O–H groups in total. The molecule has 0 aliphatic carbocycles. The van der Waals surface area contributed by atoms with E-state index < -0.39 is 5.25 Å². The van der Waals surface area contributed by atoms with Gasteiger partial charge in [0.1, 0.15) is 5.37 Å². The average Bonchev–Trinajstić information content (AvgIpc) is 3.19. The number of hydrogen-bond acceptors (Lipinski definition) is 4. The number of carbonyl (C=O) groups is 3. The molecule has 3 aliphatic heterocycles. The maximum atomic E-state index is 13.1. The summed E-state index contributed by atoms with van der Waals surface area (Å²) in [5.41, 5.74) is 3.05. The SMILES string of the molecule is C=CCN1C(=O)C(CC(=O)N2CCC(N3Cc4ccccc4NC3=O)CC2)SC1c1ccccc1. The summed E-state index contributed by atoms with van der Waals surface area (Å²) in [7, 11) is 0. The van der Waals surface area contributed by atoms with Crippen LogP contribution in [0.1, 0.15) is 35.8 Å². The molecule has 2 aromatic rings. The molecule has 2 unspecified atom stereocenters. The number of thioether (sulfide) groups is 1. The smallest absolute Gasteiger partial charge is 0.322 e. The van der Waals surface area contributed by atoms with E-state index in [-0.39, 0.29) is 35.7 Å². The lowest BCUT2D eigenvalue weighted by atomic mass is 10.0. The number of anilines is 1. The van der Waals surface area contributed by atoms with Gasteiger partial charge in [0.2, 0.25) is 11.8 Å². The zero-order valence-corrected chi connectivity index (χ0v) is 20.5. The Bertz CT molecular complexity index is 1120. The molecular formula is C27H30N4O3S. The van der Waals surface area contributed by atoms with Crippen LogP contribution in [0.4, 0.5) is 10.5 Å². The lowest BCUT2D eigenvalue weighted by Gasteiger charge is -2.40. The number of nitrogens with zero attached hydrogens (tertiary/aromatic N) is 3. The molecule has 7 nitrogen and oxygen atoms in total. The van der Waals surface area contributed by atoms with Gasteiger partial charge in [-0.2, -0.15) is 0 Å². The lowest BCUT2D eigenvalue weighted by Crippen LogP contribution is -2.51. The van der Waals surface area contributed by atoms with Crippen molar-refractivity contribution in [3.8, 4) is 0 Å². The second-order valence-electron chi connectivity index (χ2n) is 9.20. The minimum absolute atomic E-state index is 0.00404. The largest absolute Gasteiger partial charge is 0.342 e. The summed E-state index contributed by atoms with van der Waals surface area (Å²) < 4.78 is 0. The van der Waals surface area contributed by atoms with Crippen molar-refractivity contribution in [1.29, 1.82) is 0 Å². The Balaban J connectivity index is 1.18. The number of hydrogen-bond donors (Lipinski definition) is 1. The maximum Gasteiger partial charge on any atom is 0.322 e. The first-order chi connectivity index (χ1) is 17.0. The fraction of sp³-hybridized carbons (Fsp3) is 0.370. The first-order valence-corrected chi connectivity index (χ1v) is 13.0. The molecule has 0 bridgehead atoms. The van der Waals surface area contributed by atoms with Crippen molar-refractivity contribution in [2.75, 3.05) is 25.0 Å². The number of piperidine rings is 1. The standard InChI is InChI=1S/C27H30N4O3S/c1-2-14-30-25(33)23(35-26(30)19-8-4-3-5-9-19)17-24(32)29-15-12-21(13-16-29)31-18-20-10-6-7-11-22(20)28-27(31)34/h2-11,21,23,26H,1,12-18H2,(H,28,34). The first-order valence-electron chi connectivity index (χ1n) is 12.1. The van der Waals surface area contributed by atoms with Crippen molar-refractivity contribution < 1.29 is 14.4 Å². The zero-order chi connectivity index (χ0) is 24.4. The summed E-state index contributed by atoms with van der Waals surface area (Å²) in [4.78, 5) is 44.5. The highest BCUT2D eigenvalue weighted by atomic mass is 32.2. The van der Waals surface area contributed by atoms with Gasteiger partial charge in [-0.25, -0.2) is 4.79 Å². The van der Waals surface area contributed by atoms with Crippen LogP contribution in [0.2, 0.25) is 0 Å². The van der Waals surface area contributed by atoms with Crippen molar-refractivity contribution in [3.05, 3.63) is 78.4 Å². The molecule has 0 aromatic heterocycles. The predicted molar refractivity (Wildman–Crippen MR) is 138 cm³/mol.